The van der Waals surface area contributed by atoms with Crippen molar-refractivity contribution in [2.45, 2.75) is 0 Å². The van der Waals surface area contributed by atoms with Crippen molar-refractivity contribution in [3.05, 3.63) is 0 Å². The molecule has 0 unspecified atom stereocenters. The van der Waals surface area contributed by atoms with Crippen LogP contribution in [0.5, 0.6) is 0 Å². The van der Waals surface area contributed by atoms with E-state index in [0.717, 1.165) is 0 Å². The van der Waals surface area contributed by atoms with Crippen molar-refractivity contribution in [3.8, 4) is 0 Å². The Kier molecular flexibility index (Phi) is 4.79. The van der Waals surface area contributed by atoms with E-state index in [2.05, 4.69) is 17.9 Å². The van der Waals surface area contributed by atoms with E-state index >= 15 is 0 Å². The standard InChI is InChI=1S/C4H10N2OS/c5-1-2-6-4(7)3-8/h8H,1-3,5H2,(H,6,7). The normalized spacial score (nSPS) is 8.75. The maximum Gasteiger partial charge on any atom is 0.229 e. The molecule has 0 aromatic carbocycles. The van der Waals surface area contributed by atoms with E-state index < -0.39 is 0 Å². The van der Waals surface area contributed by atoms with Crippen LogP contribution in [0.1, 0.15) is 0 Å². The number of nitrogens with one attached hydrogen (secondary N) is 1. The zero-order valence-electron chi connectivity index (χ0n) is 4.55. The molecule has 0 heterocycles. The highest BCUT2D eigenvalue weighted by Crippen LogP contribution is 1.69. The predicted molar refractivity (Wildman–Crippen MR) is 35.9 cm³/mol. The van der Waals surface area contributed by atoms with Gasteiger partial charge in [0.05, 0.1) is 5.75 Å². The van der Waals surface area contributed by atoms with Gasteiger partial charge in [0.1, 0.15) is 0 Å². The van der Waals surface area contributed by atoms with E-state index in [1.165, 1.54) is 0 Å². The van der Waals surface area contributed by atoms with Crippen LogP contribution in [-0.4, -0.2) is 24.7 Å². The molecule has 0 aromatic rings. The Balaban J connectivity index is 2.99. The van der Waals surface area contributed by atoms with Crippen molar-refractivity contribution in [2.24, 2.45) is 5.73 Å². The Hall–Kier alpha value is -0.220. The zero-order chi connectivity index (χ0) is 6.41. The minimum absolute atomic E-state index is 0.0706. The molecule has 48 valence electrons. The van der Waals surface area contributed by atoms with Crippen molar-refractivity contribution < 1.29 is 4.79 Å². The zero-order valence-corrected chi connectivity index (χ0v) is 5.45. The largest absolute Gasteiger partial charge is 0.354 e. The Bertz CT molecular complexity index is 76.4. The highest BCUT2D eigenvalue weighted by molar-refractivity contribution is 7.81. The SMILES string of the molecule is NCCNC(=O)CS. The highest BCUT2D eigenvalue weighted by atomic mass is 32.1. The third-order valence-electron chi connectivity index (χ3n) is 0.610. The Morgan fingerprint density at radius 1 is 1.75 bits per heavy atom. The summed E-state index contributed by atoms with van der Waals surface area (Å²) < 4.78 is 0. The molecule has 0 bridgehead atoms. The number of hydrogen-bond donors (Lipinski definition) is 3. The van der Waals surface area contributed by atoms with Crippen molar-refractivity contribution in [1.29, 1.82) is 0 Å². The van der Waals surface area contributed by atoms with E-state index in [0.29, 0.717) is 13.1 Å². The third-order valence-corrected chi connectivity index (χ3v) is 0.897. The van der Waals surface area contributed by atoms with Crippen LogP contribution in [0.15, 0.2) is 0 Å². The molecular weight excluding hydrogens is 124 g/mol. The van der Waals surface area contributed by atoms with Gasteiger partial charge in [0, 0.05) is 13.1 Å². The Labute approximate surface area is 54.0 Å². The first-order valence-electron chi connectivity index (χ1n) is 2.39. The molecule has 3 nitrogen and oxygen atoms in total. The van der Waals surface area contributed by atoms with E-state index in [1.807, 2.05) is 0 Å². The van der Waals surface area contributed by atoms with Crippen LogP contribution in [-0.2, 0) is 4.79 Å². The van der Waals surface area contributed by atoms with Crippen LogP contribution in [0, 0.1) is 0 Å². The summed E-state index contributed by atoms with van der Waals surface area (Å²) in [7, 11) is 0. The quantitative estimate of drug-likeness (QED) is 0.433. The maximum absolute atomic E-state index is 10.3. The minimum atomic E-state index is -0.0706. The molecule has 1 amide bonds. The van der Waals surface area contributed by atoms with Gasteiger partial charge in [-0.05, 0) is 0 Å². The predicted octanol–water partition coefficient (Wildman–Crippen LogP) is -1.01. The van der Waals surface area contributed by atoms with Gasteiger partial charge >= 0.3 is 0 Å². The van der Waals surface area contributed by atoms with Gasteiger partial charge in [0.15, 0.2) is 0 Å². The van der Waals surface area contributed by atoms with Gasteiger partial charge < -0.3 is 11.1 Å². The second-order valence-electron chi connectivity index (χ2n) is 1.30. The number of thiol groups is 1. The fourth-order valence-corrected chi connectivity index (χ4v) is 0.379. The van der Waals surface area contributed by atoms with Crippen LogP contribution in [0.2, 0.25) is 0 Å². The fraction of sp³-hybridized carbons (Fsp3) is 0.750. The molecule has 8 heavy (non-hydrogen) atoms. The summed E-state index contributed by atoms with van der Waals surface area (Å²) in [6, 6.07) is 0. The lowest BCUT2D eigenvalue weighted by atomic mass is 10.6. The van der Waals surface area contributed by atoms with Gasteiger partial charge in [-0.2, -0.15) is 12.6 Å². The summed E-state index contributed by atoms with van der Waals surface area (Å²) in [5, 5.41) is 2.54. The van der Waals surface area contributed by atoms with Crippen LogP contribution >= 0.6 is 12.6 Å². The van der Waals surface area contributed by atoms with Crippen molar-refractivity contribution in [2.75, 3.05) is 18.8 Å². The van der Waals surface area contributed by atoms with Gasteiger partial charge in [-0.1, -0.05) is 0 Å². The topological polar surface area (TPSA) is 55.1 Å². The number of carbonyl (C=O) groups excluding carboxylic acids is 1. The molecule has 0 atom stereocenters. The van der Waals surface area contributed by atoms with E-state index in [1.54, 1.807) is 0 Å². The fourth-order valence-electron chi connectivity index (χ4n) is 0.267. The molecule has 0 aliphatic heterocycles. The first-order chi connectivity index (χ1) is 3.81. The Morgan fingerprint density at radius 3 is 2.75 bits per heavy atom. The van der Waals surface area contributed by atoms with Gasteiger partial charge in [0.2, 0.25) is 5.91 Å². The molecule has 0 aromatic heterocycles. The van der Waals surface area contributed by atoms with Crippen LogP contribution in [0.25, 0.3) is 0 Å². The molecule has 0 aliphatic rings. The molecule has 0 saturated heterocycles. The summed E-state index contributed by atoms with van der Waals surface area (Å²) in [5.74, 6) is 0.166. The lowest BCUT2D eigenvalue weighted by Crippen LogP contribution is -2.29. The molecule has 4 heteroatoms. The number of carbonyl (C=O) groups is 1. The molecule has 0 radical (unpaired) electrons. The van der Waals surface area contributed by atoms with Gasteiger partial charge in [0.25, 0.3) is 0 Å². The second kappa shape index (κ2) is 4.93. The first-order valence-corrected chi connectivity index (χ1v) is 3.02. The minimum Gasteiger partial charge on any atom is -0.354 e. The van der Waals surface area contributed by atoms with E-state index in [-0.39, 0.29) is 11.7 Å². The molecule has 0 spiro atoms. The molecule has 0 rings (SSSR count). The van der Waals surface area contributed by atoms with Crippen molar-refractivity contribution >= 4 is 18.5 Å². The molecular formula is C4H10N2OS. The summed E-state index contributed by atoms with van der Waals surface area (Å²) in [4.78, 5) is 10.3. The number of amides is 1. The smallest absolute Gasteiger partial charge is 0.229 e. The van der Waals surface area contributed by atoms with E-state index in [9.17, 15) is 4.79 Å². The summed E-state index contributed by atoms with van der Waals surface area (Å²) in [6.45, 7) is 1.03. The average molecular weight is 134 g/mol. The summed E-state index contributed by atoms with van der Waals surface area (Å²) in [6.07, 6.45) is 0. The van der Waals surface area contributed by atoms with Crippen LogP contribution < -0.4 is 11.1 Å². The van der Waals surface area contributed by atoms with Crippen LogP contribution in [0.4, 0.5) is 0 Å². The maximum atomic E-state index is 10.3. The average Bonchev–Trinajstić information content (AvgIpc) is 1.83. The molecule has 3 N–H and O–H groups in total. The second-order valence-corrected chi connectivity index (χ2v) is 1.61. The molecule has 0 aliphatic carbocycles. The Morgan fingerprint density at radius 2 is 2.38 bits per heavy atom. The van der Waals surface area contributed by atoms with E-state index in [4.69, 9.17) is 5.73 Å². The molecule has 0 fully saturated rings. The van der Waals surface area contributed by atoms with Gasteiger partial charge in [-0.15, -0.1) is 0 Å². The number of rotatable bonds is 3. The first kappa shape index (κ1) is 7.78. The van der Waals surface area contributed by atoms with Crippen molar-refractivity contribution in [3.63, 3.8) is 0 Å². The lowest BCUT2D eigenvalue weighted by molar-refractivity contribution is -0.118. The summed E-state index contributed by atoms with van der Waals surface area (Å²) in [5.41, 5.74) is 5.09. The van der Waals surface area contributed by atoms with Gasteiger partial charge in [-0.3, -0.25) is 4.79 Å². The van der Waals surface area contributed by atoms with Crippen LogP contribution in [0.3, 0.4) is 0 Å². The highest BCUT2D eigenvalue weighted by Gasteiger charge is 1.91. The third kappa shape index (κ3) is 3.95. The number of nitrogens with two attached hydrogens (primary N) is 1. The lowest BCUT2D eigenvalue weighted by Gasteiger charge is -1.96. The van der Waals surface area contributed by atoms with Gasteiger partial charge in [-0.25, -0.2) is 0 Å². The van der Waals surface area contributed by atoms with Crippen molar-refractivity contribution in [1.82, 2.24) is 5.32 Å². The number of hydrogen-bond acceptors (Lipinski definition) is 3. The summed E-state index contributed by atoms with van der Waals surface area (Å²) >= 11 is 3.74. The monoisotopic (exact) mass is 134 g/mol. The molecule has 0 saturated carbocycles.